The fourth-order valence-corrected chi connectivity index (χ4v) is 3.16. The number of aryl methyl sites for hydroxylation is 1. The Balaban J connectivity index is 1.98. The number of aliphatic hydroxyl groups is 1. The summed E-state index contributed by atoms with van der Waals surface area (Å²) in [5.74, 6) is 0.560. The molecule has 74 valence electrons. The van der Waals surface area contributed by atoms with Crippen LogP contribution in [0.1, 0.15) is 30.4 Å². The molecular weight excluding hydrogens is 172 g/mol. The van der Waals surface area contributed by atoms with E-state index >= 15 is 0 Å². The monoisotopic (exact) mass is 188 g/mol. The van der Waals surface area contributed by atoms with Crippen molar-refractivity contribution in [3.63, 3.8) is 0 Å². The van der Waals surface area contributed by atoms with Gasteiger partial charge in [0.15, 0.2) is 0 Å². The van der Waals surface area contributed by atoms with Crippen molar-refractivity contribution in [2.45, 2.75) is 37.7 Å². The molecule has 0 unspecified atom stereocenters. The van der Waals surface area contributed by atoms with Crippen molar-refractivity contribution in [1.29, 1.82) is 0 Å². The van der Waals surface area contributed by atoms with E-state index in [1.165, 1.54) is 24.0 Å². The van der Waals surface area contributed by atoms with Gasteiger partial charge in [-0.1, -0.05) is 29.8 Å². The summed E-state index contributed by atoms with van der Waals surface area (Å²) in [4.78, 5) is 0. The molecule has 2 aliphatic rings. The number of hydrogen-bond donors (Lipinski definition) is 1. The molecule has 0 amide bonds. The van der Waals surface area contributed by atoms with Crippen molar-refractivity contribution in [2.75, 3.05) is 0 Å². The largest absolute Gasteiger partial charge is 0.393 e. The summed E-state index contributed by atoms with van der Waals surface area (Å²) in [6, 6.07) is 8.80. The third-order valence-electron chi connectivity index (χ3n) is 4.08. The molecule has 2 saturated carbocycles. The van der Waals surface area contributed by atoms with E-state index in [-0.39, 0.29) is 6.10 Å². The lowest BCUT2D eigenvalue weighted by molar-refractivity contribution is 0.159. The molecule has 1 aromatic carbocycles. The number of benzene rings is 1. The quantitative estimate of drug-likeness (QED) is 0.717. The first kappa shape index (κ1) is 8.49. The van der Waals surface area contributed by atoms with E-state index in [1.54, 1.807) is 0 Å². The Morgan fingerprint density at radius 1 is 1.43 bits per heavy atom. The van der Waals surface area contributed by atoms with Crippen LogP contribution in [0.2, 0.25) is 0 Å². The highest BCUT2D eigenvalue weighted by atomic mass is 16.3. The molecule has 0 spiro atoms. The molecule has 3 rings (SSSR count). The zero-order chi connectivity index (χ0) is 9.76. The molecule has 0 radical (unpaired) electrons. The van der Waals surface area contributed by atoms with Gasteiger partial charge in [-0.15, -0.1) is 0 Å². The maximum Gasteiger partial charge on any atom is 0.0577 e. The second kappa shape index (κ2) is 2.60. The Hall–Kier alpha value is -0.820. The van der Waals surface area contributed by atoms with Crippen LogP contribution in [-0.4, -0.2) is 11.2 Å². The first-order valence-electron chi connectivity index (χ1n) is 5.48. The van der Waals surface area contributed by atoms with Crippen LogP contribution in [0.25, 0.3) is 0 Å². The van der Waals surface area contributed by atoms with Crippen LogP contribution in [0.3, 0.4) is 0 Å². The van der Waals surface area contributed by atoms with Crippen LogP contribution in [0, 0.1) is 12.8 Å². The van der Waals surface area contributed by atoms with Crippen molar-refractivity contribution in [1.82, 2.24) is 0 Å². The van der Waals surface area contributed by atoms with Gasteiger partial charge < -0.3 is 5.11 Å². The highest BCUT2D eigenvalue weighted by Gasteiger charge is 2.61. The molecular formula is C13H16O. The van der Waals surface area contributed by atoms with E-state index in [4.69, 9.17) is 0 Å². The van der Waals surface area contributed by atoms with Crippen LogP contribution < -0.4 is 0 Å². The molecule has 0 heterocycles. The lowest BCUT2D eigenvalue weighted by atomic mass is 9.92. The van der Waals surface area contributed by atoms with E-state index in [2.05, 4.69) is 31.2 Å². The molecule has 1 N–H and O–H groups in total. The highest BCUT2D eigenvalue weighted by Crippen LogP contribution is 2.64. The Bertz CT molecular complexity index is 371. The van der Waals surface area contributed by atoms with Gasteiger partial charge in [0.2, 0.25) is 0 Å². The molecule has 0 saturated heterocycles. The van der Waals surface area contributed by atoms with Crippen molar-refractivity contribution in [3.05, 3.63) is 35.4 Å². The first-order chi connectivity index (χ1) is 6.72. The maximum absolute atomic E-state index is 9.74. The summed E-state index contributed by atoms with van der Waals surface area (Å²) in [5.41, 5.74) is 3.16. The van der Waals surface area contributed by atoms with E-state index in [0.29, 0.717) is 11.3 Å². The number of rotatable bonds is 1. The molecule has 1 heteroatoms. The zero-order valence-corrected chi connectivity index (χ0v) is 8.53. The van der Waals surface area contributed by atoms with E-state index in [0.717, 1.165) is 6.42 Å². The molecule has 1 aromatic rings. The summed E-state index contributed by atoms with van der Waals surface area (Å²) < 4.78 is 0. The molecule has 0 aliphatic heterocycles. The molecule has 2 fully saturated rings. The van der Waals surface area contributed by atoms with Gasteiger partial charge >= 0.3 is 0 Å². The van der Waals surface area contributed by atoms with Crippen LogP contribution in [-0.2, 0) is 5.41 Å². The zero-order valence-electron chi connectivity index (χ0n) is 8.53. The predicted octanol–water partition coefficient (Wildman–Crippen LogP) is 2.41. The third-order valence-corrected chi connectivity index (χ3v) is 4.08. The van der Waals surface area contributed by atoms with E-state index < -0.39 is 0 Å². The number of aliphatic hydroxyl groups excluding tert-OH is 1. The van der Waals surface area contributed by atoms with Gasteiger partial charge in [-0.3, -0.25) is 0 Å². The number of fused-ring (bicyclic) bond motifs is 1. The summed E-state index contributed by atoms with van der Waals surface area (Å²) in [6.45, 7) is 2.14. The first-order valence-corrected chi connectivity index (χ1v) is 5.48. The summed E-state index contributed by atoms with van der Waals surface area (Å²) >= 11 is 0. The predicted molar refractivity (Wildman–Crippen MR) is 56.2 cm³/mol. The molecule has 3 atom stereocenters. The van der Waals surface area contributed by atoms with Crippen LogP contribution in [0.5, 0.6) is 0 Å². The SMILES string of the molecule is Cc1cccc([C@]23CC[C@H](O)[C@H]2C3)c1. The topological polar surface area (TPSA) is 20.2 Å². The lowest BCUT2D eigenvalue weighted by Gasteiger charge is -2.12. The number of hydrogen-bond acceptors (Lipinski definition) is 1. The van der Waals surface area contributed by atoms with Crippen LogP contribution >= 0.6 is 0 Å². The molecule has 0 aromatic heterocycles. The smallest absolute Gasteiger partial charge is 0.0577 e. The average molecular weight is 188 g/mol. The van der Waals surface area contributed by atoms with Gasteiger partial charge in [0.1, 0.15) is 0 Å². The average Bonchev–Trinajstić information content (AvgIpc) is 2.83. The minimum absolute atomic E-state index is 0.0319. The maximum atomic E-state index is 9.74. The summed E-state index contributed by atoms with van der Waals surface area (Å²) in [7, 11) is 0. The van der Waals surface area contributed by atoms with Crippen molar-refractivity contribution < 1.29 is 5.11 Å². The molecule has 1 nitrogen and oxygen atoms in total. The lowest BCUT2D eigenvalue weighted by Crippen LogP contribution is -2.06. The molecule has 2 aliphatic carbocycles. The Labute approximate surface area is 84.8 Å². The Kier molecular flexibility index (Phi) is 1.58. The normalized spacial score (nSPS) is 39.6. The van der Waals surface area contributed by atoms with E-state index in [9.17, 15) is 5.11 Å². The van der Waals surface area contributed by atoms with Crippen molar-refractivity contribution >= 4 is 0 Å². The second-order valence-electron chi connectivity index (χ2n) is 4.94. The minimum Gasteiger partial charge on any atom is -0.393 e. The van der Waals surface area contributed by atoms with E-state index in [1.807, 2.05) is 0 Å². The third kappa shape index (κ3) is 0.992. The summed E-state index contributed by atoms with van der Waals surface area (Å²) in [6.07, 6.45) is 3.36. The van der Waals surface area contributed by atoms with Gasteiger partial charge in [0, 0.05) is 5.41 Å². The van der Waals surface area contributed by atoms with Gasteiger partial charge in [-0.25, -0.2) is 0 Å². The van der Waals surface area contributed by atoms with Gasteiger partial charge in [0.25, 0.3) is 0 Å². The molecule has 0 bridgehead atoms. The highest BCUT2D eigenvalue weighted by molar-refractivity contribution is 5.38. The van der Waals surface area contributed by atoms with Gasteiger partial charge in [-0.05, 0) is 37.7 Å². The van der Waals surface area contributed by atoms with Crippen molar-refractivity contribution in [2.24, 2.45) is 5.92 Å². The van der Waals surface area contributed by atoms with Crippen LogP contribution in [0.4, 0.5) is 0 Å². The fraction of sp³-hybridized carbons (Fsp3) is 0.538. The Morgan fingerprint density at radius 2 is 2.29 bits per heavy atom. The van der Waals surface area contributed by atoms with Gasteiger partial charge in [0.05, 0.1) is 6.10 Å². The Morgan fingerprint density at radius 3 is 2.86 bits per heavy atom. The fourth-order valence-electron chi connectivity index (χ4n) is 3.16. The minimum atomic E-state index is -0.0319. The van der Waals surface area contributed by atoms with Crippen LogP contribution in [0.15, 0.2) is 24.3 Å². The molecule has 14 heavy (non-hydrogen) atoms. The van der Waals surface area contributed by atoms with Crippen molar-refractivity contribution in [3.8, 4) is 0 Å². The second-order valence-corrected chi connectivity index (χ2v) is 4.94. The van der Waals surface area contributed by atoms with Gasteiger partial charge in [-0.2, -0.15) is 0 Å². The standard InChI is InChI=1S/C13H16O/c1-9-3-2-4-10(7-9)13-6-5-12(14)11(13)8-13/h2-4,7,11-12,14H,5-6,8H2,1H3/t11-,12+,13-/m1/s1. The summed E-state index contributed by atoms with van der Waals surface area (Å²) in [5, 5.41) is 9.74.